The van der Waals surface area contributed by atoms with Gasteiger partial charge in [-0.2, -0.15) is 5.26 Å². The molecule has 0 saturated heterocycles. The number of allylic oxidation sites excluding steroid dienone is 4. The Kier molecular flexibility index (Phi) is 4.00. The number of nitrogens with zero attached hydrogens (tertiary/aromatic N) is 1. The van der Waals surface area contributed by atoms with Crippen LogP contribution >= 0.6 is 0 Å². The molecular weight excluding hydrogens is 174 g/mol. The third kappa shape index (κ3) is 3.95. The van der Waals surface area contributed by atoms with Gasteiger partial charge in [0.05, 0.1) is 18.2 Å². The minimum absolute atomic E-state index is 0.576. The molecule has 0 aliphatic heterocycles. The topological polar surface area (TPSA) is 33.0 Å². The van der Waals surface area contributed by atoms with E-state index >= 15 is 0 Å². The summed E-state index contributed by atoms with van der Waals surface area (Å²) in [4.78, 5) is 0. The maximum atomic E-state index is 8.73. The van der Waals surface area contributed by atoms with E-state index in [1.54, 1.807) is 12.2 Å². The van der Waals surface area contributed by atoms with Gasteiger partial charge >= 0.3 is 0 Å². The molecule has 1 saturated carbocycles. The normalized spacial score (nSPS) is 16.7. The van der Waals surface area contributed by atoms with Crippen molar-refractivity contribution in [1.82, 2.24) is 0 Å². The molecule has 0 bridgehead atoms. The van der Waals surface area contributed by atoms with Crippen LogP contribution < -0.4 is 0 Å². The molecule has 0 atom stereocenters. The van der Waals surface area contributed by atoms with Gasteiger partial charge in [0.1, 0.15) is 5.76 Å². The highest BCUT2D eigenvalue weighted by molar-refractivity contribution is 5.36. The van der Waals surface area contributed by atoms with Gasteiger partial charge in [0.15, 0.2) is 0 Å². The van der Waals surface area contributed by atoms with Crippen molar-refractivity contribution < 1.29 is 4.74 Å². The van der Waals surface area contributed by atoms with E-state index < -0.39 is 0 Å². The molecule has 2 heteroatoms. The molecule has 0 heterocycles. The zero-order valence-electron chi connectivity index (χ0n) is 8.49. The van der Waals surface area contributed by atoms with Crippen LogP contribution in [0.25, 0.3) is 0 Å². The Morgan fingerprint density at radius 1 is 1.64 bits per heavy atom. The summed E-state index contributed by atoms with van der Waals surface area (Å²) >= 11 is 0. The molecule has 14 heavy (non-hydrogen) atoms. The van der Waals surface area contributed by atoms with Gasteiger partial charge in [-0.1, -0.05) is 12.7 Å². The highest BCUT2D eigenvalue weighted by atomic mass is 16.5. The summed E-state index contributed by atoms with van der Waals surface area (Å²) in [6.07, 6.45) is 7.76. The largest absolute Gasteiger partial charge is 0.494 e. The monoisotopic (exact) mass is 189 g/mol. The van der Waals surface area contributed by atoms with Crippen LogP contribution in [0.5, 0.6) is 0 Å². The van der Waals surface area contributed by atoms with Gasteiger partial charge in [0, 0.05) is 0 Å². The Bertz CT molecular complexity index is 303. The fraction of sp³-hybridized carbons (Fsp3) is 0.417. The predicted octanol–water partition coefficient (Wildman–Crippen LogP) is 2.95. The number of rotatable bonds is 5. The van der Waals surface area contributed by atoms with Gasteiger partial charge < -0.3 is 4.74 Å². The number of ether oxygens (including phenoxy) is 1. The first-order valence-electron chi connectivity index (χ1n) is 4.82. The van der Waals surface area contributed by atoms with Crippen LogP contribution in [-0.4, -0.2) is 6.61 Å². The van der Waals surface area contributed by atoms with Crippen molar-refractivity contribution in [3.8, 4) is 6.07 Å². The Morgan fingerprint density at radius 3 is 2.86 bits per heavy atom. The van der Waals surface area contributed by atoms with E-state index in [1.165, 1.54) is 12.8 Å². The molecule has 0 aromatic heterocycles. The van der Waals surface area contributed by atoms with Crippen molar-refractivity contribution in [3.63, 3.8) is 0 Å². The van der Waals surface area contributed by atoms with Crippen LogP contribution in [-0.2, 0) is 4.74 Å². The van der Waals surface area contributed by atoms with Gasteiger partial charge in [-0.15, -0.1) is 0 Å². The zero-order chi connectivity index (χ0) is 10.4. The van der Waals surface area contributed by atoms with Crippen molar-refractivity contribution in [1.29, 1.82) is 5.26 Å². The van der Waals surface area contributed by atoms with E-state index in [0.29, 0.717) is 17.3 Å². The van der Waals surface area contributed by atoms with Crippen LogP contribution in [0.2, 0.25) is 0 Å². The van der Waals surface area contributed by atoms with Crippen LogP contribution in [0.3, 0.4) is 0 Å². The van der Waals surface area contributed by atoms with Crippen LogP contribution in [0, 0.1) is 17.2 Å². The van der Waals surface area contributed by atoms with Gasteiger partial charge in [0.2, 0.25) is 0 Å². The maximum absolute atomic E-state index is 8.73. The van der Waals surface area contributed by atoms with Gasteiger partial charge in [-0.25, -0.2) is 0 Å². The van der Waals surface area contributed by atoms with Crippen LogP contribution in [0.15, 0.2) is 36.1 Å². The minimum Gasteiger partial charge on any atom is -0.494 e. The number of nitriles is 1. The Labute approximate surface area is 85.2 Å². The van der Waals surface area contributed by atoms with E-state index in [9.17, 15) is 0 Å². The third-order valence-corrected chi connectivity index (χ3v) is 1.99. The summed E-state index contributed by atoms with van der Waals surface area (Å²) in [6, 6.07) is 2.07. The van der Waals surface area contributed by atoms with E-state index in [-0.39, 0.29) is 0 Å². The first-order valence-corrected chi connectivity index (χ1v) is 4.82. The van der Waals surface area contributed by atoms with Gasteiger partial charge in [-0.05, 0) is 37.8 Å². The van der Waals surface area contributed by atoms with Gasteiger partial charge in [0.25, 0.3) is 0 Å². The summed E-state index contributed by atoms with van der Waals surface area (Å²) in [6.45, 7) is 6.35. The fourth-order valence-electron chi connectivity index (χ4n) is 1.02. The molecule has 74 valence electrons. The highest BCUT2D eigenvalue weighted by Gasteiger charge is 2.21. The summed E-state index contributed by atoms with van der Waals surface area (Å²) in [5.41, 5.74) is 0.577. The van der Waals surface area contributed by atoms with E-state index in [1.807, 2.05) is 13.0 Å². The Balaban J connectivity index is 2.38. The molecule has 1 rings (SSSR count). The summed E-state index contributed by atoms with van der Waals surface area (Å²) in [7, 11) is 0. The Morgan fingerprint density at radius 2 is 2.36 bits per heavy atom. The highest BCUT2D eigenvalue weighted by Crippen LogP contribution is 2.29. The van der Waals surface area contributed by atoms with Crippen molar-refractivity contribution in [2.24, 2.45) is 5.92 Å². The second-order valence-corrected chi connectivity index (χ2v) is 3.43. The van der Waals surface area contributed by atoms with E-state index in [2.05, 4.69) is 12.6 Å². The van der Waals surface area contributed by atoms with Crippen molar-refractivity contribution in [3.05, 3.63) is 36.1 Å². The molecule has 1 aliphatic carbocycles. The van der Waals surface area contributed by atoms with Crippen molar-refractivity contribution in [2.45, 2.75) is 19.8 Å². The average molecular weight is 189 g/mol. The molecule has 0 aromatic carbocycles. The smallest absolute Gasteiger partial charge is 0.113 e. The lowest BCUT2D eigenvalue weighted by Gasteiger charge is -2.03. The summed E-state index contributed by atoms with van der Waals surface area (Å²) in [5.74, 6) is 1.29. The molecule has 0 radical (unpaired) electrons. The maximum Gasteiger partial charge on any atom is 0.113 e. The second kappa shape index (κ2) is 5.29. The molecular formula is C12H15NO. The van der Waals surface area contributed by atoms with Gasteiger partial charge in [-0.3, -0.25) is 0 Å². The third-order valence-electron chi connectivity index (χ3n) is 1.99. The van der Waals surface area contributed by atoms with Crippen molar-refractivity contribution >= 4 is 0 Å². The zero-order valence-corrected chi connectivity index (χ0v) is 8.49. The predicted molar refractivity (Wildman–Crippen MR) is 56.3 cm³/mol. The molecule has 0 aromatic rings. The molecule has 0 unspecified atom stereocenters. The lowest BCUT2D eigenvalue weighted by Crippen LogP contribution is -1.94. The van der Waals surface area contributed by atoms with Crippen LogP contribution in [0.1, 0.15) is 19.8 Å². The average Bonchev–Trinajstić information content (AvgIpc) is 2.97. The number of hydrogen-bond donors (Lipinski definition) is 0. The fourth-order valence-corrected chi connectivity index (χ4v) is 1.02. The summed E-state index contributed by atoms with van der Waals surface area (Å²) < 4.78 is 5.39. The quantitative estimate of drug-likeness (QED) is 0.378. The summed E-state index contributed by atoms with van der Waals surface area (Å²) in [5, 5.41) is 8.73. The molecule has 0 N–H and O–H groups in total. The SMILES string of the molecule is C=C(/C=C(C#N)\C=C/C)OCC1CC1. The minimum atomic E-state index is 0.576. The molecule has 0 amide bonds. The standard InChI is InChI=1S/C12H15NO/c1-3-4-12(8-13)7-10(2)14-9-11-5-6-11/h3-4,7,11H,2,5-6,9H2,1H3/b4-3-,12-7+. The molecule has 1 fully saturated rings. The van der Waals surface area contributed by atoms with E-state index in [4.69, 9.17) is 10.00 Å². The second-order valence-electron chi connectivity index (χ2n) is 3.43. The molecule has 1 aliphatic rings. The van der Waals surface area contributed by atoms with E-state index in [0.717, 1.165) is 6.61 Å². The van der Waals surface area contributed by atoms with Crippen LogP contribution in [0.4, 0.5) is 0 Å². The molecule has 2 nitrogen and oxygen atoms in total. The lowest BCUT2D eigenvalue weighted by molar-refractivity contribution is 0.212. The molecule has 0 spiro atoms. The van der Waals surface area contributed by atoms with Crippen molar-refractivity contribution in [2.75, 3.05) is 6.61 Å². The first kappa shape index (κ1) is 10.6. The first-order chi connectivity index (χ1) is 6.76. The Hall–Kier alpha value is -1.49. The lowest BCUT2D eigenvalue weighted by atomic mass is 10.2. The number of hydrogen-bond acceptors (Lipinski definition) is 2.